The Kier molecular flexibility index (Phi) is 5.09. The van der Waals surface area contributed by atoms with E-state index in [2.05, 4.69) is 25.5 Å². The van der Waals surface area contributed by atoms with Crippen molar-refractivity contribution in [1.29, 1.82) is 0 Å². The van der Waals surface area contributed by atoms with Gasteiger partial charge in [0.2, 0.25) is 5.91 Å². The molecular formula is C12H12F2N4O2S. The highest BCUT2D eigenvalue weighted by Gasteiger charge is 2.09. The number of hydrogen-bond donors (Lipinski definition) is 2. The molecule has 1 aromatic heterocycles. The van der Waals surface area contributed by atoms with Gasteiger partial charge in [-0.1, -0.05) is 11.8 Å². The van der Waals surface area contributed by atoms with Crippen LogP contribution in [-0.2, 0) is 4.79 Å². The van der Waals surface area contributed by atoms with Gasteiger partial charge in [-0.2, -0.15) is 19.1 Å². The molecule has 21 heavy (non-hydrogen) atoms. The van der Waals surface area contributed by atoms with Crippen LogP contribution in [0.2, 0.25) is 0 Å². The Morgan fingerprint density at radius 2 is 2.33 bits per heavy atom. The number of thioether (sulfide) groups is 1. The van der Waals surface area contributed by atoms with E-state index < -0.39 is 6.61 Å². The lowest BCUT2D eigenvalue weighted by Gasteiger charge is -2.10. The van der Waals surface area contributed by atoms with Crippen molar-refractivity contribution in [3.63, 3.8) is 0 Å². The summed E-state index contributed by atoms with van der Waals surface area (Å²) < 4.78 is 28.5. The number of alkyl halides is 2. The van der Waals surface area contributed by atoms with Crippen molar-refractivity contribution in [1.82, 2.24) is 15.4 Å². The average molecular weight is 314 g/mol. The van der Waals surface area contributed by atoms with Crippen LogP contribution in [0.15, 0.2) is 29.4 Å². The molecule has 0 aliphatic carbocycles. The molecule has 0 bridgehead atoms. The zero-order chi connectivity index (χ0) is 15.2. The maximum atomic E-state index is 12.1. The topological polar surface area (TPSA) is 79.9 Å². The number of ether oxygens (including phenoxy) is 1. The van der Waals surface area contributed by atoms with Gasteiger partial charge in [0.05, 0.1) is 11.9 Å². The molecule has 6 nitrogen and oxygen atoms in total. The molecule has 1 aromatic carbocycles. The summed E-state index contributed by atoms with van der Waals surface area (Å²) in [5.41, 5.74) is 1.18. The molecule has 0 atom stereocenters. The lowest BCUT2D eigenvalue weighted by molar-refractivity contribution is -0.113. The standard InChI is InChI=1S/C12H12F2N4O2S/c1-7-4-8(20-12(13)14)2-3-9(7)16-10(19)6-21-11-5-15-18-17-11/h2-5,12H,6H2,1H3,(H,16,19)(H,15,17,18). The van der Waals surface area contributed by atoms with Crippen LogP contribution in [-0.4, -0.2) is 33.7 Å². The summed E-state index contributed by atoms with van der Waals surface area (Å²) in [6.45, 7) is -1.18. The quantitative estimate of drug-likeness (QED) is 0.801. The van der Waals surface area contributed by atoms with Crippen molar-refractivity contribution in [2.75, 3.05) is 11.1 Å². The van der Waals surface area contributed by atoms with Crippen molar-refractivity contribution < 1.29 is 18.3 Å². The van der Waals surface area contributed by atoms with Crippen LogP contribution in [0.1, 0.15) is 5.56 Å². The molecule has 0 spiro atoms. The van der Waals surface area contributed by atoms with Crippen LogP contribution in [0, 0.1) is 6.92 Å². The molecule has 2 N–H and O–H groups in total. The first kappa shape index (κ1) is 15.2. The molecule has 0 fully saturated rings. The number of nitrogens with zero attached hydrogens (tertiary/aromatic N) is 2. The fourth-order valence-electron chi connectivity index (χ4n) is 1.54. The number of carbonyl (C=O) groups excluding carboxylic acids is 1. The molecule has 0 saturated heterocycles. The molecule has 0 aliphatic rings. The molecule has 1 amide bonds. The van der Waals surface area contributed by atoms with Crippen LogP contribution >= 0.6 is 11.8 Å². The van der Waals surface area contributed by atoms with Crippen molar-refractivity contribution in [2.24, 2.45) is 0 Å². The number of amides is 1. The molecular weight excluding hydrogens is 302 g/mol. The number of aromatic amines is 1. The maximum Gasteiger partial charge on any atom is 0.387 e. The lowest BCUT2D eigenvalue weighted by Crippen LogP contribution is -2.15. The Labute approximate surface area is 123 Å². The van der Waals surface area contributed by atoms with Crippen LogP contribution < -0.4 is 10.1 Å². The second-order valence-electron chi connectivity index (χ2n) is 4.00. The molecule has 1 heterocycles. The highest BCUT2D eigenvalue weighted by Crippen LogP contribution is 2.23. The minimum absolute atomic E-state index is 0.0532. The number of hydrogen-bond acceptors (Lipinski definition) is 5. The van der Waals surface area contributed by atoms with Gasteiger partial charge >= 0.3 is 6.61 Å². The maximum absolute atomic E-state index is 12.1. The van der Waals surface area contributed by atoms with Gasteiger partial charge in [0.15, 0.2) is 0 Å². The Balaban J connectivity index is 1.91. The molecule has 112 valence electrons. The fourth-order valence-corrected chi connectivity index (χ4v) is 2.12. The summed E-state index contributed by atoms with van der Waals surface area (Å²) >= 11 is 1.23. The summed E-state index contributed by atoms with van der Waals surface area (Å²) in [5, 5.41) is 13.2. The SMILES string of the molecule is Cc1cc(OC(F)F)ccc1NC(=O)CSc1cn[nH]n1. The Morgan fingerprint density at radius 1 is 1.52 bits per heavy atom. The molecule has 2 aromatic rings. The second-order valence-corrected chi connectivity index (χ2v) is 5.00. The van der Waals surface area contributed by atoms with Gasteiger partial charge in [0.25, 0.3) is 0 Å². The minimum Gasteiger partial charge on any atom is -0.435 e. The first-order chi connectivity index (χ1) is 10.0. The van der Waals surface area contributed by atoms with Gasteiger partial charge in [-0.05, 0) is 30.7 Å². The number of aryl methyl sites for hydroxylation is 1. The predicted octanol–water partition coefficient (Wildman–Crippen LogP) is 2.45. The number of nitrogens with one attached hydrogen (secondary N) is 2. The number of anilines is 1. The van der Waals surface area contributed by atoms with Crippen LogP contribution in [0.25, 0.3) is 0 Å². The summed E-state index contributed by atoms with van der Waals surface area (Å²) in [5.74, 6) is -0.00699. The first-order valence-corrected chi connectivity index (χ1v) is 6.87. The van der Waals surface area contributed by atoms with E-state index in [1.54, 1.807) is 6.92 Å². The van der Waals surface area contributed by atoms with Crippen molar-refractivity contribution in [3.8, 4) is 5.75 Å². The van der Waals surface area contributed by atoms with Crippen LogP contribution in [0.4, 0.5) is 14.5 Å². The average Bonchev–Trinajstić information content (AvgIpc) is 2.92. The molecule has 9 heteroatoms. The summed E-state index contributed by atoms with van der Waals surface area (Å²) in [6.07, 6.45) is 1.51. The van der Waals surface area contributed by atoms with Gasteiger partial charge in [0, 0.05) is 5.69 Å². The number of H-pyrrole nitrogens is 1. The van der Waals surface area contributed by atoms with Crippen LogP contribution in [0.5, 0.6) is 5.75 Å². The van der Waals surface area contributed by atoms with Gasteiger partial charge in [0.1, 0.15) is 10.8 Å². The smallest absolute Gasteiger partial charge is 0.387 e. The summed E-state index contributed by atoms with van der Waals surface area (Å²) in [4.78, 5) is 11.8. The Hall–Kier alpha value is -2.16. The molecule has 0 unspecified atom stereocenters. The highest BCUT2D eigenvalue weighted by molar-refractivity contribution is 7.99. The first-order valence-electron chi connectivity index (χ1n) is 5.88. The Bertz CT molecular complexity index is 607. The second kappa shape index (κ2) is 7.02. The van der Waals surface area contributed by atoms with E-state index in [0.29, 0.717) is 16.3 Å². The van der Waals surface area contributed by atoms with E-state index >= 15 is 0 Å². The zero-order valence-electron chi connectivity index (χ0n) is 11.0. The monoisotopic (exact) mass is 314 g/mol. The number of aromatic nitrogens is 3. The Morgan fingerprint density at radius 3 is 2.95 bits per heavy atom. The third-order valence-corrected chi connectivity index (χ3v) is 3.34. The van der Waals surface area contributed by atoms with Crippen molar-refractivity contribution >= 4 is 23.4 Å². The third-order valence-electron chi connectivity index (χ3n) is 2.44. The molecule has 0 saturated carbocycles. The van der Waals surface area contributed by atoms with E-state index in [-0.39, 0.29) is 17.4 Å². The van der Waals surface area contributed by atoms with Gasteiger partial charge < -0.3 is 10.1 Å². The van der Waals surface area contributed by atoms with Crippen molar-refractivity contribution in [2.45, 2.75) is 18.6 Å². The third kappa shape index (κ3) is 4.71. The van der Waals surface area contributed by atoms with Gasteiger partial charge in [-0.25, -0.2) is 0 Å². The number of benzene rings is 1. The highest BCUT2D eigenvalue weighted by atomic mass is 32.2. The summed E-state index contributed by atoms with van der Waals surface area (Å²) in [7, 11) is 0. The van der Waals surface area contributed by atoms with E-state index in [1.165, 1.54) is 36.2 Å². The van der Waals surface area contributed by atoms with Gasteiger partial charge in [-0.15, -0.1) is 5.10 Å². The molecule has 0 aliphatic heterocycles. The molecule has 0 radical (unpaired) electrons. The van der Waals surface area contributed by atoms with E-state index in [4.69, 9.17) is 0 Å². The van der Waals surface area contributed by atoms with Gasteiger partial charge in [-0.3, -0.25) is 4.79 Å². The van der Waals surface area contributed by atoms with E-state index in [0.717, 1.165) is 0 Å². The largest absolute Gasteiger partial charge is 0.435 e. The minimum atomic E-state index is -2.87. The number of halogens is 2. The fraction of sp³-hybridized carbons (Fsp3) is 0.250. The summed E-state index contributed by atoms with van der Waals surface area (Å²) in [6, 6.07) is 4.33. The normalized spacial score (nSPS) is 10.7. The van der Waals surface area contributed by atoms with E-state index in [9.17, 15) is 13.6 Å². The lowest BCUT2D eigenvalue weighted by atomic mass is 10.2. The van der Waals surface area contributed by atoms with Crippen molar-refractivity contribution in [3.05, 3.63) is 30.0 Å². The van der Waals surface area contributed by atoms with Crippen LogP contribution in [0.3, 0.4) is 0 Å². The predicted molar refractivity (Wildman–Crippen MR) is 73.5 cm³/mol. The number of carbonyl (C=O) groups is 1. The van der Waals surface area contributed by atoms with E-state index in [1.807, 2.05) is 0 Å². The molecule has 2 rings (SSSR count). The number of rotatable bonds is 6. The zero-order valence-corrected chi connectivity index (χ0v) is 11.8.